The molecule has 0 atom stereocenters. The third-order valence-electron chi connectivity index (χ3n) is 3.74. The summed E-state index contributed by atoms with van der Waals surface area (Å²) in [5.41, 5.74) is 5.08. The van der Waals surface area contributed by atoms with Crippen molar-refractivity contribution >= 4 is 29.0 Å². The molecule has 21 heavy (non-hydrogen) atoms. The molecule has 0 saturated heterocycles. The van der Waals surface area contributed by atoms with Crippen molar-refractivity contribution in [3.05, 3.63) is 77.9 Å². The molecule has 0 radical (unpaired) electrons. The van der Waals surface area contributed by atoms with Crippen molar-refractivity contribution in [3.8, 4) is 0 Å². The smallest absolute Gasteiger partial charge is 0.0102 e. The van der Waals surface area contributed by atoms with Crippen LogP contribution in [0, 0.1) is 0 Å². The molecule has 2 rings (SSSR count). The van der Waals surface area contributed by atoms with E-state index in [1.807, 2.05) is 18.2 Å². The van der Waals surface area contributed by atoms with E-state index < -0.39 is 0 Å². The van der Waals surface area contributed by atoms with Gasteiger partial charge in [0.2, 0.25) is 0 Å². The van der Waals surface area contributed by atoms with Crippen molar-refractivity contribution in [2.45, 2.75) is 20.3 Å². The van der Waals surface area contributed by atoms with E-state index in [1.54, 1.807) is 0 Å². The van der Waals surface area contributed by atoms with Crippen LogP contribution in [0.25, 0.3) is 29.0 Å². The van der Waals surface area contributed by atoms with Crippen LogP contribution in [0.15, 0.2) is 55.7 Å². The fraction of sp³-hybridized carbons (Fsp3) is 0.143. The lowest BCUT2D eigenvalue weighted by Crippen LogP contribution is -1.97. The maximum atomic E-state index is 4.02. The van der Waals surface area contributed by atoms with Gasteiger partial charge in [0.05, 0.1) is 0 Å². The summed E-state index contributed by atoms with van der Waals surface area (Å²) in [5, 5.41) is 2.58. The monoisotopic (exact) mass is 274 g/mol. The zero-order valence-electron chi connectivity index (χ0n) is 12.9. The first-order valence-electron chi connectivity index (χ1n) is 7.40. The first-order valence-corrected chi connectivity index (χ1v) is 7.40. The van der Waals surface area contributed by atoms with Gasteiger partial charge in [0.1, 0.15) is 0 Å². The molecular weight excluding hydrogens is 252 g/mol. The number of rotatable bonds is 5. The highest BCUT2D eigenvalue weighted by molar-refractivity contribution is 5.99. The second-order valence-electron chi connectivity index (χ2n) is 4.92. The van der Waals surface area contributed by atoms with Crippen LogP contribution < -0.4 is 0 Å². The summed E-state index contributed by atoms with van der Waals surface area (Å²) in [4.78, 5) is 0. The standard InChI is InChI=1S/C21H22/c1-5-9-13-19-17(8-4)21-15-11-10-14-20(21)16(7-3)18(19)12-6-2/h5-7,9-15H,1,3,8H2,2,4H3/b12-6-,13-9-. The number of aryl methyl sites for hydroxylation is 1. The Morgan fingerprint density at radius 3 is 2.24 bits per heavy atom. The number of fused-ring (bicyclic) bond motifs is 1. The highest BCUT2D eigenvalue weighted by Gasteiger charge is 2.13. The molecule has 0 fully saturated rings. The number of allylic oxidation sites excluding steroid dienone is 3. The number of benzene rings is 2. The largest absolute Gasteiger partial charge is 0.0991 e. The Labute approximate surface area is 127 Å². The Morgan fingerprint density at radius 1 is 0.952 bits per heavy atom. The topological polar surface area (TPSA) is 0 Å². The van der Waals surface area contributed by atoms with E-state index in [0.29, 0.717) is 0 Å². The van der Waals surface area contributed by atoms with Crippen LogP contribution in [0.4, 0.5) is 0 Å². The fourth-order valence-corrected chi connectivity index (χ4v) is 2.88. The maximum Gasteiger partial charge on any atom is -0.0102 e. The predicted octanol–water partition coefficient (Wildman–Crippen LogP) is 6.28. The second-order valence-corrected chi connectivity index (χ2v) is 4.92. The van der Waals surface area contributed by atoms with Crippen molar-refractivity contribution in [3.63, 3.8) is 0 Å². The van der Waals surface area contributed by atoms with Gasteiger partial charge in [0.25, 0.3) is 0 Å². The highest BCUT2D eigenvalue weighted by atomic mass is 14.2. The SMILES string of the molecule is C=C/C=C\c1c(/C=C\C)c(C=C)c2ccccc2c1CC. The predicted molar refractivity (Wildman–Crippen MR) is 97.4 cm³/mol. The average Bonchev–Trinajstić information content (AvgIpc) is 2.52. The minimum absolute atomic E-state index is 0.999. The molecule has 0 unspecified atom stereocenters. The van der Waals surface area contributed by atoms with E-state index in [4.69, 9.17) is 0 Å². The third-order valence-corrected chi connectivity index (χ3v) is 3.74. The Balaban J connectivity index is 3.01. The van der Waals surface area contributed by atoms with Gasteiger partial charge in [-0.3, -0.25) is 0 Å². The van der Waals surface area contributed by atoms with Gasteiger partial charge in [-0.25, -0.2) is 0 Å². The van der Waals surface area contributed by atoms with Crippen LogP contribution in [0.3, 0.4) is 0 Å². The molecule has 0 aliphatic heterocycles. The third kappa shape index (κ3) is 2.75. The Hall–Kier alpha value is -2.34. The van der Waals surface area contributed by atoms with Gasteiger partial charge >= 0.3 is 0 Å². The summed E-state index contributed by atoms with van der Waals surface area (Å²) in [6, 6.07) is 8.57. The van der Waals surface area contributed by atoms with E-state index in [9.17, 15) is 0 Å². The lowest BCUT2D eigenvalue weighted by molar-refractivity contribution is 1.15. The van der Waals surface area contributed by atoms with Crippen molar-refractivity contribution in [2.75, 3.05) is 0 Å². The van der Waals surface area contributed by atoms with Gasteiger partial charge in [-0.15, -0.1) is 0 Å². The van der Waals surface area contributed by atoms with Crippen molar-refractivity contribution in [1.29, 1.82) is 0 Å². The molecule has 2 aromatic rings. The molecule has 0 nitrogen and oxygen atoms in total. The van der Waals surface area contributed by atoms with Crippen LogP contribution in [0.5, 0.6) is 0 Å². The summed E-state index contributed by atoms with van der Waals surface area (Å²) < 4.78 is 0. The Kier molecular flexibility index (Phi) is 4.94. The zero-order valence-corrected chi connectivity index (χ0v) is 12.9. The molecule has 106 valence electrons. The minimum atomic E-state index is 0.999. The lowest BCUT2D eigenvalue weighted by Gasteiger charge is -2.17. The molecule has 0 heterocycles. The van der Waals surface area contributed by atoms with E-state index in [2.05, 4.69) is 69.5 Å². The summed E-state index contributed by atoms with van der Waals surface area (Å²) >= 11 is 0. The molecule has 2 aromatic carbocycles. The first-order chi connectivity index (χ1) is 10.3. The molecule has 0 bridgehead atoms. The summed E-state index contributed by atoms with van der Waals surface area (Å²) in [6.45, 7) is 12.1. The molecule has 0 saturated carbocycles. The van der Waals surface area contributed by atoms with E-state index in [-0.39, 0.29) is 0 Å². The molecule has 0 amide bonds. The molecular formula is C21H22. The molecule has 0 aromatic heterocycles. The van der Waals surface area contributed by atoms with E-state index in [0.717, 1.165) is 6.42 Å². The highest BCUT2D eigenvalue weighted by Crippen LogP contribution is 2.33. The summed E-state index contributed by atoms with van der Waals surface area (Å²) in [7, 11) is 0. The second kappa shape index (κ2) is 6.90. The Bertz CT molecular complexity index is 727. The molecule has 0 aliphatic carbocycles. The van der Waals surface area contributed by atoms with E-state index >= 15 is 0 Å². The van der Waals surface area contributed by atoms with Crippen LogP contribution in [-0.4, -0.2) is 0 Å². The van der Waals surface area contributed by atoms with Gasteiger partial charge < -0.3 is 0 Å². The van der Waals surface area contributed by atoms with Crippen molar-refractivity contribution in [2.24, 2.45) is 0 Å². The van der Waals surface area contributed by atoms with Gasteiger partial charge in [0, 0.05) is 0 Å². The van der Waals surface area contributed by atoms with Crippen molar-refractivity contribution in [1.82, 2.24) is 0 Å². The number of hydrogen-bond acceptors (Lipinski definition) is 0. The summed E-state index contributed by atoms with van der Waals surface area (Å²) in [6.07, 6.45) is 13.2. The van der Waals surface area contributed by atoms with E-state index in [1.165, 1.54) is 33.0 Å². The van der Waals surface area contributed by atoms with Gasteiger partial charge in [-0.1, -0.05) is 80.8 Å². The van der Waals surface area contributed by atoms with Crippen molar-refractivity contribution < 1.29 is 0 Å². The molecule has 0 N–H and O–H groups in total. The average molecular weight is 274 g/mol. The van der Waals surface area contributed by atoms with Gasteiger partial charge in [-0.05, 0) is 46.4 Å². The zero-order chi connectivity index (χ0) is 15.2. The fourth-order valence-electron chi connectivity index (χ4n) is 2.88. The molecule has 0 spiro atoms. The Morgan fingerprint density at radius 2 is 1.67 bits per heavy atom. The quantitative estimate of drug-likeness (QED) is 0.563. The molecule has 0 aliphatic rings. The first kappa shape index (κ1) is 15.1. The van der Waals surface area contributed by atoms with Crippen LogP contribution >= 0.6 is 0 Å². The normalized spacial score (nSPS) is 11.5. The maximum absolute atomic E-state index is 4.02. The van der Waals surface area contributed by atoms with Gasteiger partial charge in [0.15, 0.2) is 0 Å². The molecule has 0 heteroatoms. The number of hydrogen-bond donors (Lipinski definition) is 0. The summed E-state index contributed by atoms with van der Waals surface area (Å²) in [5.74, 6) is 0. The van der Waals surface area contributed by atoms with Crippen LogP contribution in [-0.2, 0) is 6.42 Å². The minimum Gasteiger partial charge on any atom is -0.0991 e. The van der Waals surface area contributed by atoms with Gasteiger partial charge in [-0.2, -0.15) is 0 Å². The lowest BCUT2D eigenvalue weighted by atomic mass is 9.87. The van der Waals surface area contributed by atoms with Crippen LogP contribution in [0.2, 0.25) is 0 Å². The van der Waals surface area contributed by atoms with Crippen LogP contribution in [0.1, 0.15) is 36.1 Å².